The number of alkyl halides is 20. The summed E-state index contributed by atoms with van der Waals surface area (Å²) in [5.74, 6) is -63.6. The third-order valence-electron chi connectivity index (χ3n) is 7.01. The fourth-order valence-electron chi connectivity index (χ4n) is 4.11. The van der Waals surface area contributed by atoms with Crippen molar-refractivity contribution in [3.8, 4) is 5.75 Å². The van der Waals surface area contributed by atoms with Crippen molar-refractivity contribution in [2.45, 2.75) is 60.2 Å². The molecule has 0 aromatic heterocycles. The summed E-state index contributed by atoms with van der Waals surface area (Å²) in [7, 11) is 0. The van der Waals surface area contributed by atoms with Gasteiger partial charge >= 0.3 is 53.8 Å². The zero-order chi connectivity index (χ0) is 40.5. The molecule has 0 fully saturated rings. The zero-order valence-corrected chi connectivity index (χ0v) is 24.1. The smallest absolute Gasteiger partial charge is 0.368 e. The molecule has 290 valence electrons. The van der Waals surface area contributed by atoms with Gasteiger partial charge in [-0.25, -0.2) is 0 Å². The van der Waals surface area contributed by atoms with E-state index in [0.717, 1.165) is 12.1 Å². The number of carbonyl (C=O) groups is 3. The lowest BCUT2D eigenvalue weighted by Crippen LogP contribution is -2.74. The number of hydrogen-bond donors (Lipinski definition) is 1. The molecule has 6 nitrogen and oxygen atoms in total. The van der Waals surface area contributed by atoms with Gasteiger partial charge in [-0.3, -0.25) is 14.4 Å². The SMILES string of the molecule is O=C(NCCC(F)(F)C(F)(F)C(F)(F)C(F)(F)C(F)(F)C(F)(F)C(F)(F)C(F)(F)F)c1ccc2c(c1)C(=O)N(Oc1ccccc1C(F)(F)F)C2=O. The summed E-state index contributed by atoms with van der Waals surface area (Å²) >= 11 is 0. The van der Waals surface area contributed by atoms with Crippen LogP contribution in [-0.2, 0) is 6.18 Å². The molecular weight excluding hydrogens is 784 g/mol. The lowest BCUT2D eigenvalue weighted by Gasteiger charge is -2.42. The predicted molar refractivity (Wildman–Crippen MR) is 127 cm³/mol. The summed E-state index contributed by atoms with van der Waals surface area (Å²) in [6, 6.07) is 4.73. The van der Waals surface area contributed by atoms with Crippen molar-refractivity contribution in [1.82, 2.24) is 10.4 Å². The Morgan fingerprint density at radius 1 is 0.596 bits per heavy atom. The highest BCUT2D eigenvalue weighted by Crippen LogP contribution is 2.64. The fraction of sp³-hybridized carbons (Fsp3) is 0.423. The van der Waals surface area contributed by atoms with Gasteiger partial charge in [-0.15, -0.1) is 0 Å². The molecule has 2 aromatic carbocycles. The number of nitrogens with one attached hydrogen (secondary N) is 1. The minimum Gasteiger partial charge on any atom is -0.368 e. The standard InChI is InChI=1S/C26H12F20N2O4/c27-18(28,20(32,33)21(34,35)22(36,37)23(38,39)24(40,41)25(42,43)26(44,45)46)7-8-47-15(49)10-5-6-11-12(9-10)17(51)48(16(11)50)52-14-4-2-1-3-13(14)19(29,30)31/h1-6,9H,7-8H2,(H,47,49). The number of imide groups is 1. The van der Waals surface area contributed by atoms with E-state index in [-0.39, 0.29) is 5.06 Å². The van der Waals surface area contributed by atoms with Crippen molar-refractivity contribution >= 4 is 17.7 Å². The molecule has 3 rings (SSSR count). The highest BCUT2D eigenvalue weighted by atomic mass is 19.4. The number of hydroxylamine groups is 2. The van der Waals surface area contributed by atoms with Crippen molar-refractivity contribution < 1.29 is 107 Å². The predicted octanol–water partition coefficient (Wildman–Crippen LogP) is 8.42. The quantitative estimate of drug-likeness (QED) is 0.173. The Balaban J connectivity index is 1.79. The van der Waals surface area contributed by atoms with Crippen LogP contribution in [0.1, 0.15) is 43.1 Å². The monoisotopic (exact) mass is 796 g/mol. The van der Waals surface area contributed by atoms with Crippen LogP contribution in [0.15, 0.2) is 42.5 Å². The van der Waals surface area contributed by atoms with Crippen LogP contribution in [0, 0.1) is 0 Å². The third kappa shape index (κ3) is 6.29. The van der Waals surface area contributed by atoms with Gasteiger partial charge in [0, 0.05) is 18.5 Å². The second kappa shape index (κ2) is 12.5. The van der Waals surface area contributed by atoms with Crippen molar-refractivity contribution in [3.63, 3.8) is 0 Å². The van der Waals surface area contributed by atoms with E-state index in [2.05, 4.69) is 0 Å². The molecule has 1 aliphatic heterocycles. The van der Waals surface area contributed by atoms with Gasteiger partial charge in [0.15, 0.2) is 5.75 Å². The van der Waals surface area contributed by atoms with Crippen molar-refractivity contribution in [1.29, 1.82) is 0 Å². The molecule has 0 aliphatic carbocycles. The van der Waals surface area contributed by atoms with Gasteiger partial charge in [0.05, 0.1) is 11.1 Å². The van der Waals surface area contributed by atoms with Gasteiger partial charge in [0.1, 0.15) is 5.56 Å². The van der Waals surface area contributed by atoms with Crippen LogP contribution in [0.2, 0.25) is 0 Å². The van der Waals surface area contributed by atoms with Crippen LogP contribution < -0.4 is 10.2 Å². The molecule has 0 spiro atoms. The van der Waals surface area contributed by atoms with Crippen molar-refractivity contribution in [2.24, 2.45) is 0 Å². The van der Waals surface area contributed by atoms with E-state index < -0.39 is 113 Å². The van der Waals surface area contributed by atoms with E-state index in [0.29, 0.717) is 30.3 Å². The number of rotatable bonds is 12. The lowest BCUT2D eigenvalue weighted by molar-refractivity contribution is -0.461. The molecular formula is C26H12F20N2O4. The largest absolute Gasteiger partial charge is 0.460 e. The van der Waals surface area contributed by atoms with Gasteiger partial charge in [-0.2, -0.15) is 87.8 Å². The maximum atomic E-state index is 14.1. The highest BCUT2D eigenvalue weighted by Gasteiger charge is 2.95. The average molecular weight is 796 g/mol. The maximum absolute atomic E-state index is 14.1. The summed E-state index contributed by atoms with van der Waals surface area (Å²) in [6.07, 6.45) is -15.9. The van der Waals surface area contributed by atoms with Gasteiger partial charge in [-0.05, 0) is 30.3 Å². The summed E-state index contributed by atoms with van der Waals surface area (Å²) in [4.78, 5) is 42.3. The number of nitrogens with zero attached hydrogens (tertiary/aromatic N) is 1. The van der Waals surface area contributed by atoms with E-state index >= 15 is 0 Å². The van der Waals surface area contributed by atoms with Crippen LogP contribution in [0.3, 0.4) is 0 Å². The molecule has 0 unspecified atom stereocenters. The number of hydrogen-bond acceptors (Lipinski definition) is 4. The number of halogens is 20. The maximum Gasteiger partial charge on any atom is 0.460 e. The number of para-hydroxylation sites is 1. The van der Waals surface area contributed by atoms with Gasteiger partial charge in [0.2, 0.25) is 0 Å². The van der Waals surface area contributed by atoms with Crippen molar-refractivity contribution in [3.05, 3.63) is 64.7 Å². The molecule has 1 N–H and O–H groups in total. The third-order valence-corrected chi connectivity index (χ3v) is 7.01. The Labute approximate surface area is 273 Å². The number of fused-ring (bicyclic) bond motifs is 1. The van der Waals surface area contributed by atoms with E-state index in [1.807, 2.05) is 0 Å². The molecule has 26 heteroatoms. The van der Waals surface area contributed by atoms with E-state index in [9.17, 15) is 102 Å². The molecule has 1 aliphatic rings. The molecule has 0 bridgehead atoms. The summed E-state index contributed by atoms with van der Waals surface area (Å²) in [5, 5.41) is 1.05. The Morgan fingerprint density at radius 3 is 1.56 bits per heavy atom. The first kappa shape index (κ1) is 41.9. The molecule has 0 saturated carbocycles. The molecule has 3 amide bonds. The van der Waals surface area contributed by atoms with Crippen molar-refractivity contribution in [2.75, 3.05) is 6.54 Å². The Morgan fingerprint density at radius 2 is 1.06 bits per heavy atom. The first-order valence-electron chi connectivity index (χ1n) is 13.0. The fourth-order valence-corrected chi connectivity index (χ4v) is 4.11. The number of benzene rings is 2. The van der Waals surface area contributed by atoms with E-state index in [1.54, 1.807) is 0 Å². The van der Waals surface area contributed by atoms with Crippen LogP contribution in [0.5, 0.6) is 5.75 Å². The minimum absolute atomic E-state index is 0.209. The van der Waals surface area contributed by atoms with Gasteiger partial charge in [-0.1, -0.05) is 17.2 Å². The first-order chi connectivity index (χ1) is 23.1. The van der Waals surface area contributed by atoms with Crippen LogP contribution in [0.25, 0.3) is 0 Å². The molecule has 0 radical (unpaired) electrons. The van der Waals surface area contributed by atoms with E-state index in [4.69, 9.17) is 4.84 Å². The first-order valence-corrected chi connectivity index (χ1v) is 13.0. The second-order valence-electron chi connectivity index (χ2n) is 10.4. The summed E-state index contributed by atoms with van der Waals surface area (Å²) in [6.45, 7) is -2.05. The topological polar surface area (TPSA) is 75.7 Å². The molecule has 2 aromatic rings. The summed E-state index contributed by atoms with van der Waals surface area (Å²) in [5.41, 5.74) is -3.84. The molecule has 1 heterocycles. The lowest BCUT2D eigenvalue weighted by atomic mass is 9.88. The Bertz CT molecular complexity index is 1730. The van der Waals surface area contributed by atoms with Crippen LogP contribution in [-0.4, -0.2) is 77.0 Å². The highest BCUT2D eigenvalue weighted by molar-refractivity contribution is 6.21. The molecule has 0 atom stereocenters. The van der Waals surface area contributed by atoms with Crippen LogP contribution in [0.4, 0.5) is 87.8 Å². The number of amides is 3. The minimum atomic E-state index is -8.80. The average Bonchev–Trinajstić information content (AvgIpc) is 3.23. The summed E-state index contributed by atoms with van der Waals surface area (Å²) < 4.78 is 268. The Hall–Kier alpha value is -4.55. The normalized spacial score (nSPS) is 15.6. The Kier molecular flexibility index (Phi) is 10.1. The number of carbonyl (C=O) groups excluding carboxylic acids is 3. The second-order valence-corrected chi connectivity index (χ2v) is 10.4. The van der Waals surface area contributed by atoms with Crippen LogP contribution >= 0.6 is 0 Å². The van der Waals surface area contributed by atoms with E-state index in [1.165, 1.54) is 5.32 Å². The molecule has 52 heavy (non-hydrogen) atoms. The molecule has 0 saturated heterocycles. The zero-order valence-electron chi connectivity index (χ0n) is 24.1. The van der Waals surface area contributed by atoms with Gasteiger partial charge < -0.3 is 10.2 Å². The van der Waals surface area contributed by atoms with Gasteiger partial charge in [0.25, 0.3) is 17.7 Å².